The predicted molar refractivity (Wildman–Crippen MR) is 136 cm³/mol. The summed E-state index contributed by atoms with van der Waals surface area (Å²) >= 11 is 1.05. The van der Waals surface area contributed by atoms with Crippen molar-refractivity contribution in [2.45, 2.75) is 24.6 Å². The number of thiazole rings is 1. The highest BCUT2D eigenvalue weighted by atomic mass is 32.1. The Bertz CT molecular complexity index is 1190. The van der Waals surface area contributed by atoms with Gasteiger partial charge in [-0.1, -0.05) is 42.5 Å². The van der Waals surface area contributed by atoms with Crippen LogP contribution in [0.1, 0.15) is 27.7 Å². The van der Waals surface area contributed by atoms with Gasteiger partial charge in [0.05, 0.1) is 13.7 Å². The smallest absolute Gasteiger partial charge is 0.357 e. The Morgan fingerprint density at radius 3 is 2.43 bits per heavy atom. The first-order valence-electron chi connectivity index (χ1n) is 11.3. The van der Waals surface area contributed by atoms with Gasteiger partial charge in [0, 0.05) is 11.8 Å². The van der Waals surface area contributed by atoms with Gasteiger partial charge in [-0.05, 0) is 23.3 Å². The number of rotatable bonds is 12. The Morgan fingerprint density at radius 2 is 1.78 bits per heavy atom. The van der Waals surface area contributed by atoms with Gasteiger partial charge in [-0.3, -0.25) is 9.59 Å². The average molecular weight is 529 g/mol. The van der Waals surface area contributed by atoms with E-state index < -0.39 is 42.6 Å². The van der Waals surface area contributed by atoms with Crippen molar-refractivity contribution in [2.75, 3.05) is 25.6 Å². The van der Waals surface area contributed by atoms with Crippen molar-refractivity contribution >= 4 is 34.3 Å². The van der Waals surface area contributed by atoms with E-state index in [0.717, 1.165) is 16.9 Å². The first kappa shape index (κ1) is 27.7. The first-order chi connectivity index (χ1) is 17.8. The maximum atomic E-state index is 13.1. The van der Waals surface area contributed by atoms with Crippen molar-refractivity contribution in [3.63, 3.8) is 0 Å². The van der Waals surface area contributed by atoms with Crippen molar-refractivity contribution in [3.8, 4) is 5.75 Å². The first-order valence-corrected chi connectivity index (χ1v) is 12.1. The highest BCUT2D eigenvalue weighted by Crippen LogP contribution is 2.19. The second-order valence-corrected chi connectivity index (χ2v) is 8.82. The highest BCUT2D eigenvalue weighted by Gasteiger charge is 2.26. The van der Waals surface area contributed by atoms with Gasteiger partial charge in [0.2, 0.25) is 11.8 Å². The maximum absolute atomic E-state index is 13.1. The molecule has 3 rings (SSSR count). The molecule has 12 heteroatoms. The number of benzene rings is 2. The van der Waals surface area contributed by atoms with Crippen LogP contribution in [0.15, 0.2) is 60.0 Å². The SMILES string of the molecule is COC(=O)c1csc(NC(=O)[C@H](Cc2ccccc2)NC(=O)[C@H](N)c2ccc(OC[C@H](O)CO)cc2)n1. The molecular weight excluding hydrogens is 500 g/mol. The fourth-order valence-corrected chi connectivity index (χ4v) is 3.89. The molecule has 196 valence electrons. The molecule has 0 aliphatic heterocycles. The molecule has 0 radical (unpaired) electrons. The Balaban J connectivity index is 1.69. The molecule has 1 heterocycles. The number of methoxy groups -OCH3 is 1. The number of nitrogens with zero attached hydrogens (tertiary/aromatic N) is 1. The fourth-order valence-electron chi connectivity index (χ4n) is 3.21. The molecule has 0 saturated carbocycles. The summed E-state index contributed by atoms with van der Waals surface area (Å²) in [6.07, 6.45) is -0.808. The van der Waals surface area contributed by atoms with E-state index in [2.05, 4.69) is 20.4 Å². The molecule has 3 atom stereocenters. The minimum Gasteiger partial charge on any atom is -0.491 e. The zero-order chi connectivity index (χ0) is 26.8. The number of aliphatic hydroxyl groups is 2. The molecule has 0 aliphatic carbocycles. The molecule has 1 aromatic heterocycles. The lowest BCUT2D eigenvalue weighted by Gasteiger charge is -2.21. The third-order valence-electron chi connectivity index (χ3n) is 5.22. The number of nitrogens with one attached hydrogen (secondary N) is 2. The number of aliphatic hydroxyl groups excluding tert-OH is 2. The van der Waals surface area contributed by atoms with Crippen molar-refractivity contribution in [3.05, 3.63) is 76.8 Å². The minimum atomic E-state index is -1.08. The number of nitrogens with two attached hydrogens (primary N) is 1. The molecule has 6 N–H and O–H groups in total. The number of aromatic nitrogens is 1. The highest BCUT2D eigenvalue weighted by molar-refractivity contribution is 7.14. The van der Waals surface area contributed by atoms with Crippen LogP contribution in [0, 0.1) is 0 Å². The number of esters is 1. The molecule has 2 amide bonds. The van der Waals surface area contributed by atoms with Crippen LogP contribution >= 0.6 is 11.3 Å². The lowest BCUT2D eigenvalue weighted by molar-refractivity contribution is -0.127. The molecule has 0 bridgehead atoms. The summed E-state index contributed by atoms with van der Waals surface area (Å²) in [5, 5.41) is 25.2. The molecule has 37 heavy (non-hydrogen) atoms. The van der Waals surface area contributed by atoms with Crippen LogP contribution in [0.25, 0.3) is 0 Å². The Hall–Kier alpha value is -3.84. The standard InChI is InChI=1S/C25H28N4O7S/c1-35-24(34)20-14-37-25(28-20)29-22(32)19(11-15-5-3-2-4-6-15)27-23(33)21(26)16-7-9-18(10-8-16)36-13-17(31)12-30/h2-10,14,17,19,21,30-31H,11-13,26H2,1H3,(H,27,33)(H,28,29,32)/t17-,19+,21-/m1/s1. The van der Waals surface area contributed by atoms with E-state index in [4.69, 9.17) is 15.6 Å². The second-order valence-electron chi connectivity index (χ2n) is 7.96. The third kappa shape index (κ3) is 8.08. The van der Waals surface area contributed by atoms with Gasteiger partial charge in [0.25, 0.3) is 0 Å². The Labute approximate surface area is 217 Å². The summed E-state index contributed by atoms with van der Waals surface area (Å²) in [5.74, 6) is -1.30. The number of hydrogen-bond donors (Lipinski definition) is 5. The molecule has 0 spiro atoms. The predicted octanol–water partition coefficient (Wildman–Crippen LogP) is 1.03. The summed E-state index contributed by atoms with van der Waals surface area (Å²) < 4.78 is 9.99. The van der Waals surface area contributed by atoms with Crippen LogP contribution in [0.4, 0.5) is 5.13 Å². The summed E-state index contributed by atoms with van der Waals surface area (Å²) in [5.41, 5.74) is 7.52. The fraction of sp³-hybridized carbons (Fsp3) is 0.280. The van der Waals surface area contributed by atoms with E-state index >= 15 is 0 Å². The molecule has 0 fully saturated rings. The summed E-state index contributed by atoms with van der Waals surface area (Å²) in [7, 11) is 1.23. The van der Waals surface area contributed by atoms with E-state index in [0.29, 0.717) is 11.3 Å². The van der Waals surface area contributed by atoms with Crippen molar-refractivity contribution in [1.29, 1.82) is 0 Å². The number of amides is 2. The summed E-state index contributed by atoms with van der Waals surface area (Å²) in [4.78, 5) is 41.8. The maximum Gasteiger partial charge on any atom is 0.357 e. The molecule has 0 saturated heterocycles. The Kier molecular flexibility index (Phi) is 10.1. The molecule has 11 nitrogen and oxygen atoms in total. The molecule has 3 aromatic rings. The van der Waals surface area contributed by atoms with E-state index in [9.17, 15) is 19.5 Å². The summed E-state index contributed by atoms with van der Waals surface area (Å²) in [6.45, 7) is -0.505. The van der Waals surface area contributed by atoms with E-state index in [1.165, 1.54) is 12.5 Å². The van der Waals surface area contributed by atoms with Crippen LogP contribution in [-0.2, 0) is 20.7 Å². The van der Waals surface area contributed by atoms with Crippen molar-refractivity contribution < 1.29 is 34.1 Å². The van der Waals surface area contributed by atoms with Gasteiger partial charge in [0.15, 0.2) is 10.8 Å². The minimum absolute atomic E-state index is 0.0618. The lowest BCUT2D eigenvalue weighted by atomic mass is 10.0. The van der Waals surface area contributed by atoms with Crippen LogP contribution in [0.3, 0.4) is 0 Å². The Morgan fingerprint density at radius 1 is 1.08 bits per heavy atom. The van der Waals surface area contributed by atoms with Gasteiger partial charge in [-0.15, -0.1) is 11.3 Å². The topological polar surface area (TPSA) is 173 Å². The van der Waals surface area contributed by atoms with E-state index in [1.807, 2.05) is 30.3 Å². The zero-order valence-corrected chi connectivity index (χ0v) is 20.8. The van der Waals surface area contributed by atoms with Gasteiger partial charge in [-0.2, -0.15) is 0 Å². The largest absolute Gasteiger partial charge is 0.491 e. The van der Waals surface area contributed by atoms with Crippen LogP contribution in [-0.4, -0.2) is 65.5 Å². The van der Waals surface area contributed by atoms with Gasteiger partial charge < -0.3 is 36.1 Å². The number of carbonyl (C=O) groups is 3. The third-order valence-corrected chi connectivity index (χ3v) is 5.98. The van der Waals surface area contributed by atoms with Crippen LogP contribution in [0.2, 0.25) is 0 Å². The van der Waals surface area contributed by atoms with Crippen molar-refractivity contribution in [2.24, 2.45) is 5.73 Å². The monoisotopic (exact) mass is 528 g/mol. The number of hydrogen-bond acceptors (Lipinski definition) is 10. The number of anilines is 1. The van der Waals surface area contributed by atoms with Crippen LogP contribution in [0.5, 0.6) is 5.75 Å². The van der Waals surface area contributed by atoms with E-state index in [-0.39, 0.29) is 23.9 Å². The summed E-state index contributed by atoms with van der Waals surface area (Å²) in [6, 6.07) is 13.5. The van der Waals surface area contributed by atoms with Gasteiger partial charge >= 0.3 is 5.97 Å². The average Bonchev–Trinajstić information content (AvgIpc) is 3.39. The number of carbonyl (C=O) groups excluding carboxylic acids is 3. The molecule has 0 unspecified atom stereocenters. The van der Waals surface area contributed by atoms with Gasteiger partial charge in [0.1, 0.15) is 30.5 Å². The second kappa shape index (κ2) is 13.5. The molecule has 0 aliphatic rings. The van der Waals surface area contributed by atoms with Gasteiger partial charge in [-0.25, -0.2) is 9.78 Å². The quantitative estimate of drug-likeness (QED) is 0.215. The molecular formula is C25H28N4O7S. The normalized spacial score (nSPS) is 13.2. The molecule has 2 aromatic carbocycles. The van der Waals surface area contributed by atoms with Crippen molar-refractivity contribution in [1.82, 2.24) is 10.3 Å². The lowest BCUT2D eigenvalue weighted by Crippen LogP contribution is -2.48. The van der Waals surface area contributed by atoms with Crippen LogP contribution < -0.4 is 21.1 Å². The number of ether oxygens (including phenoxy) is 2. The van der Waals surface area contributed by atoms with E-state index in [1.54, 1.807) is 24.3 Å². The zero-order valence-electron chi connectivity index (χ0n) is 20.0.